The van der Waals surface area contributed by atoms with E-state index in [9.17, 15) is 8.42 Å². The van der Waals surface area contributed by atoms with Gasteiger partial charge in [-0.15, -0.1) is 0 Å². The summed E-state index contributed by atoms with van der Waals surface area (Å²) in [5.74, 6) is 0.652. The largest absolute Gasteiger partial charge is 0.395 e. The van der Waals surface area contributed by atoms with Crippen LogP contribution in [0.15, 0.2) is 29.4 Å². The van der Waals surface area contributed by atoms with Gasteiger partial charge in [-0.1, -0.05) is 12.1 Å². The summed E-state index contributed by atoms with van der Waals surface area (Å²) < 4.78 is 25.9. The summed E-state index contributed by atoms with van der Waals surface area (Å²) >= 11 is 0. The highest BCUT2D eigenvalue weighted by molar-refractivity contribution is 7.85. The van der Waals surface area contributed by atoms with Crippen LogP contribution in [-0.4, -0.2) is 92.9 Å². The number of nitrogens with one attached hydrogen (secondary N) is 2. The Hall–Kier alpha value is -3.20. The number of hydrogen-bond acceptors (Lipinski definition) is 12. The molecule has 0 spiro atoms. The Bertz CT molecular complexity index is 1030. The van der Waals surface area contributed by atoms with Gasteiger partial charge in [0.15, 0.2) is 5.82 Å². The highest BCUT2D eigenvalue weighted by Crippen LogP contribution is 2.27. The number of aliphatic hydroxyl groups excluding tert-OH is 1. The lowest BCUT2D eigenvalue weighted by molar-refractivity contribution is 0.292. The van der Waals surface area contributed by atoms with Crippen LogP contribution in [0.2, 0.25) is 0 Å². The van der Waals surface area contributed by atoms with E-state index in [1.165, 1.54) is 5.69 Å². The Morgan fingerprint density at radius 2 is 1.66 bits per heavy atom. The summed E-state index contributed by atoms with van der Waals surface area (Å²) in [6.45, 7) is 7.59. The molecule has 1 saturated heterocycles. The minimum absolute atomic E-state index is 0.147. The monoisotopic (exact) mass is 509 g/mol. The summed E-state index contributed by atoms with van der Waals surface area (Å²) in [7, 11) is -3.67. The number of aliphatic hydroxyl groups is 1. The highest BCUT2D eigenvalue weighted by Gasteiger charge is 2.22. The Labute approximate surface area is 206 Å². The van der Waals surface area contributed by atoms with Gasteiger partial charge in [0.25, 0.3) is 10.1 Å². The molecule has 35 heavy (non-hydrogen) atoms. The first-order valence-corrected chi connectivity index (χ1v) is 12.9. The van der Waals surface area contributed by atoms with Gasteiger partial charge in [-0.25, -0.2) is 4.98 Å². The number of hydrogen-bond donors (Lipinski definition) is 6. The molecule has 1 aliphatic heterocycles. The highest BCUT2D eigenvalue weighted by atomic mass is 32.2. The fourth-order valence-corrected chi connectivity index (χ4v) is 3.49. The fraction of sp³-hybridized carbons (Fsp3) is 0.476. The maximum Gasteiger partial charge on any atom is 0.261 e. The van der Waals surface area contributed by atoms with Crippen molar-refractivity contribution in [1.82, 2.24) is 20.7 Å². The number of nitrogen functional groups attached to an aromatic ring is 2. The van der Waals surface area contributed by atoms with E-state index in [-0.39, 0.29) is 12.6 Å². The van der Waals surface area contributed by atoms with Crippen LogP contribution in [0.1, 0.15) is 11.3 Å². The van der Waals surface area contributed by atoms with Crippen LogP contribution in [0.5, 0.6) is 0 Å². The molecule has 14 heteroatoms. The summed E-state index contributed by atoms with van der Waals surface area (Å²) in [5.41, 5.74) is 18.7. The van der Waals surface area contributed by atoms with Gasteiger partial charge in [-0.2, -0.15) is 18.5 Å². The maximum absolute atomic E-state index is 9.19. The molecular weight excluding hydrogens is 474 g/mol. The first-order valence-electron chi connectivity index (χ1n) is 11.1. The van der Waals surface area contributed by atoms with Gasteiger partial charge >= 0.3 is 0 Å². The first kappa shape index (κ1) is 28.0. The molecule has 0 unspecified atom stereocenters. The predicted molar refractivity (Wildman–Crippen MR) is 139 cm³/mol. The minimum Gasteiger partial charge on any atom is -0.395 e. The summed E-state index contributed by atoms with van der Waals surface area (Å²) in [6, 6.07) is 8.36. The smallest absolute Gasteiger partial charge is 0.261 e. The second-order valence-electron chi connectivity index (χ2n) is 7.84. The predicted octanol–water partition coefficient (Wildman–Crippen LogP) is -0.715. The van der Waals surface area contributed by atoms with Crippen molar-refractivity contribution in [1.29, 1.82) is 0 Å². The Kier molecular flexibility index (Phi) is 10.9. The third-order valence-corrected chi connectivity index (χ3v) is 4.96. The van der Waals surface area contributed by atoms with Crippen molar-refractivity contribution in [2.45, 2.75) is 6.92 Å². The molecule has 0 saturated carbocycles. The van der Waals surface area contributed by atoms with Gasteiger partial charge in [0.1, 0.15) is 5.69 Å². The molecule has 13 nitrogen and oxygen atoms in total. The van der Waals surface area contributed by atoms with Crippen LogP contribution in [0.3, 0.4) is 0 Å². The molecule has 2 heterocycles. The van der Waals surface area contributed by atoms with Gasteiger partial charge in [0.05, 0.1) is 24.8 Å². The number of nitrogens with zero attached hydrogens (tertiary/aromatic N) is 5. The van der Waals surface area contributed by atoms with Crippen LogP contribution in [0.25, 0.3) is 0 Å². The average molecular weight is 510 g/mol. The number of rotatable bonds is 9. The maximum atomic E-state index is 9.19. The van der Waals surface area contributed by atoms with Crippen LogP contribution in [0.4, 0.5) is 23.1 Å². The number of anilines is 4. The zero-order chi connectivity index (χ0) is 25.8. The van der Waals surface area contributed by atoms with Crippen LogP contribution in [0, 0.1) is 6.92 Å². The summed E-state index contributed by atoms with van der Waals surface area (Å²) in [4.78, 5) is 12.9. The molecule has 8 N–H and O–H groups in total. The van der Waals surface area contributed by atoms with Gasteiger partial charge in [-0.3, -0.25) is 4.55 Å². The van der Waals surface area contributed by atoms with E-state index >= 15 is 0 Å². The van der Waals surface area contributed by atoms with Gasteiger partial charge in [0.2, 0.25) is 5.95 Å². The zero-order valence-electron chi connectivity index (χ0n) is 20.1. The lowest BCUT2D eigenvalue weighted by Crippen LogP contribution is -2.47. The second kappa shape index (κ2) is 13.6. The molecular formula is C21H35N9O4S. The van der Waals surface area contributed by atoms with Gasteiger partial charge in [-0.05, 0) is 24.6 Å². The van der Waals surface area contributed by atoms with E-state index in [1.54, 1.807) is 6.21 Å². The molecule has 0 atom stereocenters. The number of hydrazone groups is 1. The van der Waals surface area contributed by atoms with Crippen molar-refractivity contribution in [2.75, 3.05) is 79.9 Å². The number of benzene rings is 1. The Morgan fingerprint density at radius 3 is 2.23 bits per heavy atom. The summed E-state index contributed by atoms with van der Waals surface area (Å²) in [5, 5.41) is 16.0. The van der Waals surface area contributed by atoms with E-state index < -0.39 is 10.1 Å². The molecule has 0 amide bonds. The number of nitrogens with two attached hydrogens (primary N) is 2. The molecule has 1 fully saturated rings. The second-order valence-corrected chi connectivity index (χ2v) is 9.31. The fourth-order valence-electron chi connectivity index (χ4n) is 3.49. The third kappa shape index (κ3) is 10.3. The quantitative estimate of drug-likeness (QED) is 0.108. The van der Waals surface area contributed by atoms with Crippen molar-refractivity contribution >= 4 is 39.5 Å². The van der Waals surface area contributed by atoms with E-state index in [1.807, 2.05) is 6.92 Å². The van der Waals surface area contributed by atoms with Crippen LogP contribution in [-0.2, 0) is 10.1 Å². The Balaban J connectivity index is 0.000000784. The van der Waals surface area contributed by atoms with Crippen LogP contribution >= 0.6 is 0 Å². The van der Waals surface area contributed by atoms with Crippen molar-refractivity contribution in [3.8, 4) is 0 Å². The molecule has 3 rings (SSSR count). The van der Waals surface area contributed by atoms with Gasteiger partial charge in [0, 0.05) is 51.5 Å². The van der Waals surface area contributed by atoms with E-state index in [0.717, 1.165) is 49.7 Å². The minimum atomic E-state index is -3.67. The Morgan fingerprint density at radius 1 is 1.06 bits per heavy atom. The van der Waals surface area contributed by atoms with E-state index in [2.05, 4.69) is 59.9 Å². The summed E-state index contributed by atoms with van der Waals surface area (Å²) in [6.07, 6.45) is 2.52. The molecule has 194 valence electrons. The molecule has 0 bridgehead atoms. The topological polar surface area (TPSA) is 195 Å². The zero-order valence-corrected chi connectivity index (χ0v) is 20.9. The molecule has 1 aromatic carbocycles. The first-order chi connectivity index (χ1) is 16.6. The van der Waals surface area contributed by atoms with Gasteiger partial charge < -0.3 is 37.1 Å². The number of aromatic nitrogens is 2. The molecule has 1 aromatic heterocycles. The normalized spacial score (nSPS) is 14.1. The average Bonchev–Trinajstić information content (AvgIpc) is 2.78. The van der Waals surface area contributed by atoms with Crippen molar-refractivity contribution in [3.05, 3.63) is 35.5 Å². The molecule has 1 aliphatic rings. The van der Waals surface area contributed by atoms with E-state index in [0.29, 0.717) is 25.2 Å². The standard InChI is InChI=1S/C20H31N9O.CH4O3S/c1-15-18(19(21)27-20(22)26-15)29-11-9-28(10-12-29)17-4-2-16(3-5-17)14-25-24-7-6-23-8-13-30;1-5(2,3)4/h2-5,14,23-24,30H,6-13H2,1H3,(H4,21,22,26,27);1H3,(H,2,3,4)/b25-14+;. The van der Waals surface area contributed by atoms with Crippen LogP contribution < -0.4 is 32.0 Å². The van der Waals surface area contributed by atoms with Crippen molar-refractivity contribution in [3.63, 3.8) is 0 Å². The number of piperazine rings is 1. The lowest BCUT2D eigenvalue weighted by atomic mass is 10.2. The lowest BCUT2D eigenvalue weighted by Gasteiger charge is -2.38. The SMILES string of the molecule is CS(=O)(=O)O.Cc1nc(N)nc(N)c1N1CCN(c2ccc(/C=N/NCCNCCO)cc2)CC1. The van der Waals surface area contributed by atoms with Crippen molar-refractivity contribution in [2.24, 2.45) is 5.10 Å². The van der Waals surface area contributed by atoms with Crippen molar-refractivity contribution < 1.29 is 18.1 Å². The third-order valence-electron chi connectivity index (χ3n) is 4.96. The number of aryl methyl sites for hydroxylation is 1. The molecule has 2 aromatic rings. The molecule has 0 aliphatic carbocycles. The molecule has 0 radical (unpaired) electrons. The van der Waals surface area contributed by atoms with E-state index in [4.69, 9.17) is 21.1 Å².